The number of nitrogens with one attached hydrogen (secondary N) is 3. The molecule has 0 saturated heterocycles. The van der Waals surface area contributed by atoms with Gasteiger partial charge >= 0.3 is 5.97 Å². The Hall–Kier alpha value is -3.24. The van der Waals surface area contributed by atoms with Gasteiger partial charge in [0.15, 0.2) is 5.82 Å². The molecule has 0 aliphatic carbocycles. The van der Waals surface area contributed by atoms with E-state index < -0.39 is 5.97 Å². The molecule has 10 heteroatoms. The molecule has 1 aromatic heterocycles. The SMILES string of the molecule is O=Nc1cc(-c2ccc3c(c2)NNC3)cc(-c2nc(SCC(=O)O)n[nH]2)c1. The molecule has 0 fully saturated rings. The van der Waals surface area contributed by atoms with Crippen molar-refractivity contribution >= 4 is 29.1 Å². The van der Waals surface area contributed by atoms with Crippen molar-refractivity contribution in [3.8, 4) is 22.5 Å². The minimum Gasteiger partial charge on any atom is -0.481 e. The number of anilines is 1. The molecule has 0 unspecified atom stereocenters. The van der Waals surface area contributed by atoms with Gasteiger partial charge in [0.25, 0.3) is 0 Å². The fourth-order valence-corrected chi connectivity index (χ4v) is 3.31. The Morgan fingerprint density at radius 1 is 1.19 bits per heavy atom. The zero-order valence-corrected chi connectivity index (χ0v) is 14.7. The summed E-state index contributed by atoms with van der Waals surface area (Å²) < 4.78 is 0. The molecule has 27 heavy (non-hydrogen) atoms. The van der Waals surface area contributed by atoms with Crippen LogP contribution < -0.4 is 10.9 Å². The number of carbonyl (C=O) groups is 1. The third-order valence-corrected chi connectivity index (χ3v) is 4.86. The number of hydrogen-bond acceptors (Lipinski definition) is 8. The lowest BCUT2D eigenvalue weighted by molar-refractivity contribution is -0.133. The second kappa shape index (κ2) is 7.17. The van der Waals surface area contributed by atoms with Gasteiger partial charge in [0.05, 0.1) is 11.4 Å². The Morgan fingerprint density at radius 3 is 2.85 bits per heavy atom. The van der Waals surface area contributed by atoms with E-state index in [1.807, 2.05) is 24.3 Å². The minimum absolute atomic E-state index is 0.130. The Balaban J connectivity index is 1.69. The first kappa shape index (κ1) is 17.2. The Bertz CT molecular complexity index is 1040. The van der Waals surface area contributed by atoms with Crippen LogP contribution in [0.2, 0.25) is 0 Å². The van der Waals surface area contributed by atoms with Crippen molar-refractivity contribution in [1.29, 1.82) is 0 Å². The van der Waals surface area contributed by atoms with E-state index in [0.717, 1.165) is 35.1 Å². The summed E-state index contributed by atoms with van der Waals surface area (Å²) in [4.78, 5) is 26.1. The molecule has 1 aliphatic rings. The highest BCUT2D eigenvalue weighted by molar-refractivity contribution is 7.99. The smallest absolute Gasteiger partial charge is 0.313 e. The van der Waals surface area contributed by atoms with E-state index in [0.29, 0.717) is 16.5 Å². The summed E-state index contributed by atoms with van der Waals surface area (Å²) in [6.45, 7) is 0.756. The van der Waals surface area contributed by atoms with E-state index in [1.54, 1.807) is 12.1 Å². The molecular formula is C17H14N6O3S. The van der Waals surface area contributed by atoms with Crippen molar-refractivity contribution < 1.29 is 9.90 Å². The van der Waals surface area contributed by atoms with Crippen LogP contribution in [0.1, 0.15) is 5.56 Å². The van der Waals surface area contributed by atoms with E-state index in [4.69, 9.17) is 5.11 Å². The molecule has 0 amide bonds. The molecule has 3 aromatic rings. The van der Waals surface area contributed by atoms with Crippen molar-refractivity contribution in [3.63, 3.8) is 0 Å². The molecule has 2 heterocycles. The van der Waals surface area contributed by atoms with Crippen molar-refractivity contribution in [3.05, 3.63) is 46.9 Å². The summed E-state index contributed by atoms with van der Waals surface area (Å²) in [5, 5.41) is 18.9. The Kier molecular flexibility index (Phi) is 4.57. The summed E-state index contributed by atoms with van der Waals surface area (Å²) >= 11 is 1.01. The maximum absolute atomic E-state index is 11.2. The number of rotatable bonds is 6. The van der Waals surface area contributed by atoms with E-state index in [9.17, 15) is 9.70 Å². The van der Waals surface area contributed by atoms with Gasteiger partial charge in [-0.1, -0.05) is 23.9 Å². The van der Waals surface area contributed by atoms with Crippen LogP contribution in [0.25, 0.3) is 22.5 Å². The number of benzene rings is 2. The molecule has 4 rings (SSSR count). The largest absolute Gasteiger partial charge is 0.481 e. The number of aromatic nitrogens is 3. The number of nitrogens with zero attached hydrogens (tertiary/aromatic N) is 3. The average Bonchev–Trinajstić information content (AvgIpc) is 3.34. The predicted octanol–water partition coefficient (Wildman–Crippen LogP) is 3.14. The average molecular weight is 382 g/mol. The van der Waals surface area contributed by atoms with Crippen LogP contribution in [-0.4, -0.2) is 32.0 Å². The molecule has 1 aliphatic heterocycles. The monoisotopic (exact) mass is 382 g/mol. The molecule has 0 bridgehead atoms. The van der Waals surface area contributed by atoms with Crippen LogP contribution in [-0.2, 0) is 11.3 Å². The maximum atomic E-state index is 11.2. The number of hydrazine groups is 1. The van der Waals surface area contributed by atoms with Crippen LogP contribution in [0, 0.1) is 4.91 Å². The number of thioether (sulfide) groups is 1. The highest BCUT2D eigenvalue weighted by Crippen LogP contribution is 2.33. The van der Waals surface area contributed by atoms with E-state index in [-0.39, 0.29) is 11.4 Å². The number of nitroso groups, excluding NO2 is 1. The number of H-pyrrole nitrogens is 1. The van der Waals surface area contributed by atoms with Gasteiger partial charge in [-0.2, -0.15) is 0 Å². The van der Waals surface area contributed by atoms with Gasteiger partial charge in [0, 0.05) is 12.1 Å². The van der Waals surface area contributed by atoms with E-state index in [2.05, 4.69) is 31.2 Å². The lowest BCUT2D eigenvalue weighted by Crippen LogP contribution is -2.10. The van der Waals surface area contributed by atoms with Crippen LogP contribution >= 0.6 is 11.8 Å². The Morgan fingerprint density at radius 2 is 2.04 bits per heavy atom. The van der Waals surface area contributed by atoms with Crippen molar-refractivity contribution in [1.82, 2.24) is 20.6 Å². The highest BCUT2D eigenvalue weighted by Gasteiger charge is 2.14. The third-order valence-electron chi connectivity index (χ3n) is 4.03. The second-order valence-corrected chi connectivity index (χ2v) is 6.80. The normalized spacial score (nSPS) is 12.4. The van der Waals surface area contributed by atoms with Crippen LogP contribution in [0.5, 0.6) is 0 Å². The van der Waals surface area contributed by atoms with Crippen LogP contribution in [0.3, 0.4) is 0 Å². The number of carboxylic acids is 1. The molecule has 0 atom stereocenters. The number of aromatic amines is 1. The van der Waals surface area contributed by atoms with Gasteiger partial charge in [-0.05, 0) is 46.1 Å². The lowest BCUT2D eigenvalue weighted by Gasteiger charge is -2.07. The fraction of sp³-hybridized carbons (Fsp3) is 0.118. The van der Waals surface area contributed by atoms with Gasteiger partial charge < -0.3 is 10.5 Å². The quantitative estimate of drug-likeness (QED) is 0.377. The molecule has 2 aromatic carbocycles. The zero-order valence-electron chi connectivity index (χ0n) is 13.9. The standard InChI is InChI=1S/C17H14N6O3S/c24-15(25)8-27-17-19-16(21-22-17)12-3-11(4-13(5-12)23-26)9-1-2-10-7-18-20-14(10)6-9/h1-6,18,20H,7-8H2,(H,24,25)(H,19,21,22). The van der Waals surface area contributed by atoms with E-state index in [1.165, 1.54) is 5.56 Å². The first-order valence-electron chi connectivity index (χ1n) is 8.00. The number of fused-ring (bicyclic) bond motifs is 1. The topological polar surface area (TPSA) is 132 Å². The summed E-state index contributed by atoms with van der Waals surface area (Å²) in [5.41, 5.74) is 11.0. The van der Waals surface area contributed by atoms with Crippen molar-refractivity contribution in [2.24, 2.45) is 5.18 Å². The number of aliphatic carboxylic acids is 1. The van der Waals surface area contributed by atoms with Gasteiger partial charge in [0.2, 0.25) is 5.16 Å². The second-order valence-electron chi connectivity index (χ2n) is 5.86. The van der Waals surface area contributed by atoms with Gasteiger partial charge in [0.1, 0.15) is 5.69 Å². The summed E-state index contributed by atoms with van der Waals surface area (Å²) in [6.07, 6.45) is 0. The molecule has 136 valence electrons. The first-order valence-corrected chi connectivity index (χ1v) is 8.99. The molecule has 9 nitrogen and oxygen atoms in total. The highest BCUT2D eigenvalue weighted by atomic mass is 32.2. The van der Waals surface area contributed by atoms with Crippen molar-refractivity contribution in [2.45, 2.75) is 11.7 Å². The molecule has 4 N–H and O–H groups in total. The summed E-state index contributed by atoms with van der Waals surface area (Å²) in [7, 11) is 0. The maximum Gasteiger partial charge on any atom is 0.313 e. The molecular weight excluding hydrogens is 368 g/mol. The number of carboxylic acid groups (broad SMARTS) is 1. The fourth-order valence-electron chi connectivity index (χ4n) is 2.79. The lowest BCUT2D eigenvalue weighted by atomic mass is 10.00. The van der Waals surface area contributed by atoms with Gasteiger partial charge in [-0.25, -0.2) is 10.4 Å². The van der Waals surface area contributed by atoms with Gasteiger partial charge in [-0.15, -0.1) is 10.0 Å². The molecule has 0 spiro atoms. The van der Waals surface area contributed by atoms with E-state index >= 15 is 0 Å². The van der Waals surface area contributed by atoms with Crippen LogP contribution in [0.4, 0.5) is 11.4 Å². The van der Waals surface area contributed by atoms with Crippen LogP contribution in [0.15, 0.2) is 46.7 Å². The summed E-state index contributed by atoms with van der Waals surface area (Å²) in [5.74, 6) is -0.634. The Labute approximate surface area is 157 Å². The molecule has 0 radical (unpaired) electrons. The minimum atomic E-state index is -0.944. The number of hydrogen-bond donors (Lipinski definition) is 4. The first-order chi connectivity index (χ1) is 13.1. The summed E-state index contributed by atoms with van der Waals surface area (Å²) in [6, 6.07) is 11.2. The molecule has 0 saturated carbocycles. The van der Waals surface area contributed by atoms with Gasteiger partial charge in [-0.3, -0.25) is 9.89 Å². The zero-order chi connectivity index (χ0) is 18.8. The third kappa shape index (κ3) is 3.66. The van der Waals surface area contributed by atoms with Crippen molar-refractivity contribution in [2.75, 3.05) is 11.2 Å². The predicted molar refractivity (Wildman–Crippen MR) is 102 cm³/mol.